The Hall–Kier alpha value is -0.890. The SMILES string of the molecule is CCC1CCC(NC(C)c2ccccc2F)C1. The Morgan fingerprint density at radius 3 is 2.76 bits per heavy atom. The fourth-order valence-corrected chi connectivity index (χ4v) is 2.87. The van der Waals surface area contributed by atoms with Crippen LogP contribution in [0, 0.1) is 11.7 Å². The van der Waals surface area contributed by atoms with Crippen LogP contribution in [0.1, 0.15) is 51.1 Å². The molecule has 2 heteroatoms. The summed E-state index contributed by atoms with van der Waals surface area (Å²) in [5.74, 6) is 0.762. The lowest BCUT2D eigenvalue weighted by molar-refractivity contribution is 0.428. The monoisotopic (exact) mass is 235 g/mol. The van der Waals surface area contributed by atoms with E-state index in [0.717, 1.165) is 11.5 Å². The van der Waals surface area contributed by atoms with E-state index >= 15 is 0 Å². The molecule has 94 valence electrons. The van der Waals surface area contributed by atoms with Crippen molar-refractivity contribution in [2.24, 2.45) is 5.92 Å². The normalized spacial score (nSPS) is 26.1. The van der Waals surface area contributed by atoms with Crippen LogP contribution in [-0.2, 0) is 0 Å². The molecule has 17 heavy (non-hydrogen) atoms. The van der Waals surface area contributed by atoms with Gasteiger partial charge in [0.25, 0.3) is 0 Å². The molecule has 0 aromatic heterocycles. The fraction of sp³-hybridized carbons (Fsp3) is 0.600. The minimum atomic E-state index is -0.0995. The Kier molecular flexibility index (Phi) is 4.16. The Morgan fingerprint density at radius 1 is 1.35 bits per heavy atom. The minimum Gasteiger partial charge on any atom is -0.307 e. The van der Waals surface area contributed by atoms with E-state index < -0.39 is 0 Å². The molecule has 0 spiro atoms. The van der Waals surface area contributed by atoms with Crippen molar-refractivity contribution in [2.45, 2.75) is 51.6 Å². The molecule has 1 fully saturated rings. The second-order valence-electron chi connectivity index (χ2n) is 5.19. The molecule has 1 aliphatic carbocycles. The highest BCUT2D eigenvalue weighted by atomic mass is 19.1. The van der Waals surface area contributed by atoms with Crippen LogP contribution in [0.3, 0.4) is 0 Å². The fourth-order valence-electron chi connectivity index (χ4n) is 2.87. The number of rotatable bonds is 4. The highest BCUT2D eigenvalue weighted by Crippen LogP contribution is 2.29. The molecule has 0 aliphatic heterocycles. The van der Waals surface area contributed by atoms with E-state index in [9.17, 15) is 4.39 Å². The molecular formula is C15H22FN. The standard InChI is InChI=1S/C15H22FN/c1-3-12-8-9-13(10-12)17-11(2)14-6-4-5-7-15(14)16/h4-7,11-13,17H,3,8-10H2,1-2H3. The molecule has 0 heterocycles. The average molecular weight is 235 g/mol. The van der Waals surface area contributed by atoms with Gasteiger partial charge in [-0.2, -0.15) is 0 Å². The first-order valence-electron chi connectivity index (χ1n) is 6.71. The number of hydrogen-bond acceptors (Lipinski definition) is 1. The topological polar surface area (TPSA) is 12.0 Å². The quantitative estimate of drug-likeness (QED) is 0.830. The van der Waals surface area contributed by atoms with E-state index in [1.54, 1.807) is 6.07 Å². The van der Waals surface area contributed by atoms with Crippen molar-refractivity contribution in [2.75, 3.05) is 0 Å². The summed E-state index contributed by atoms with van der Waals surface area (Å²) in [6.07, 6.45) is 5.07. The third kappa shape index (κ3) is 3.06. The van der Waals surface area contributed by atoms with Crippen LogP contribution in [0.2, 0.25) is 0 Å². The van der Waals surface area contributed by atoms with Gasteiger partial charge in [0, 0.05) is 17.6 Å². The van der Waals surface area contributed by atoms with Gasteiger partial charge in [0.1, 0.15) is 5.82 Å². The molecule has 3 unspecified atom stereocenters. The van der Waals surface area contributed by atoms with Crippen LogP contribution in [0.5, 0.6) is 0 Å². The molecule has 1 nitrogen and oxygen atoms in total. The van der Waals surface area contributed by atoms with Gasteiger partial charge in [-0.3, -0.25) is 0 Å². The number of nitrogens with one attached hydrogen (secondary N) is 1. The summed E-state index contributed by atoms with van der Waals surface area (Å²) in [6, 6.07) is 7.73. The molecule has 1 aromatic rings. The molecule has 2 rings (SSSR count). The Labute approximate surface area is 103 Å². The maximum Gasteiger partial charge on any atom is 0.127 e. The second-order valence-corrected chi connectivity index (χ2v) is 5.19. The lowest BCUT2D eigenvalue weighted by Crippen LogP contribution is -2.29. The molecular weight excluding hydrogens is 213 g/mol. The molecule has 1 aliphatic rings. The van der Waals surface area contributed by atoms with Crippen LogP contribution < -0.4 is 5.32 Å². The third-order valence-corrected chi connectivity index (χ3v) is 3.98. The molecule has 0 saturated heterocycles. The predicted octanol–water partition coefficient (Wildman–Crippen LogP) is 4.06. The van der Waals surface area contributed by atoms with Gasteiger partial charge in [0.15, 0.2) is 0 Å². The van der Waals surface area contributed by atoms with Gasteiger partial charge in [0.2, 0.25) is 0 Å². The number of benzene rings is 1. The van der Waals surface area contributed by atoms with E-state index in [4.69, 9.17) is 0 Å². The highest BCUT2D eigenvalue weighted by molar-refractivity contribution is 5.20. The Balaban J connectivity index is 1.94. The zero-order valence-electron chi connectivity index (χ0n) is 10.7. The van der Waals surface area contributed by atoms with E-state index in [2.05, 4.69) is 19.2 Å². The van der Waals surface area contributed by atoms with Crippen molar-refractivity contribution in [3.8, 4) is 0 Å². The third-order valence-electron chi connectivity index (χ3n) is 3.98. The molecule has 1 aromatic carbocycles. The summed E-state index contributed by atoms with van der Waals surface area (Å²) in [6.45, 7) is 4.31. The van der Waals surface area contributed by atoms with E-state index in [1.807, 2.05) is 12.1 Å². The van der Waals surface area contributed by atoms with Gasteiger partial charge in [-0.05, 0) is 38.2 Å². The van der Waals surface area contributed by atoms with Crippen molar-refractivity contribution in [1.29, 1.82) is 0 Å². The van der Waals surface area contributed by atoms with Crippen molar-refractivity contribution >= 4 is 0 Å². The molecule has 0 radical (unpaired) electrons. The molecule has 0 bridgehead atoms. The predicted molar refractivity (Wildman–Crippen MR) is 69.4 cm³/mol. The molecule has 1 saturated carbocycles. The van der Waals surface area contributed by atoms with Gasteiger partial charge in [-0.25, -0.2) is 4.39 Å². The summed E-state index contributed by atoms with van der Waals surface area (Å²) in [5.41, 5.74) is 0.785. The molecule has 0 amide bonds. The summed E-state index contributed by atoms with van der Waals surface area (Å²) < 4.78 is 13.6. The van der Waals surface area contributed by atoms with Gasteiger partial charge in [0.05, 0.1) is 0 Å². The van der Waals surface area contributed by atoms with E-state index in [0.29, 0.717) is 6.04 Å². The maximum atomic E-state index is 13.6. The summed E-state index contributed by atoms with van der Waals surface area (Å²) >= 11 is 0. The van der Waals surface area contributed by atoms with Crippen LogP contribution in [0.15, 0.2) is 24.3 Å². The second kappa shape index (κ2) is 5.63. The van der Waals surface area contributed by atoms with E-state index in [1.165, 1.54) is 31.7 Å². The van der Waals surface area contributed by atoms with Gasteiger partial charge >= 0.3 is 0 Å². The lowest BCUT2D eigenvalue weighted by Gasteiger charge is -2.20. The first-order valence-corrected chi connectivity index (χ1v) is 6.71. The van der Waals surface area contributed by atoms with Crippen molar-refractivity contribution in [1.82, 2.24) is 5.32 Å². The lowest BCUT2D eigenvalue weighted by atomic mass is 10.0. The van der Waals surface area contributed by atoms with E-state index in [-0.39, 0.29) is 11.9 Å². The largest absolute Gasteiger partial charge is 0.307 e. The van der Waals surface area contributed by atoms with Crippen molar-refractivity contribution in [3.05, 3.63) is 35.6 Å². The van der Waals surface area contributed by atoms with Gasteiger partial charge in [-0.15, -0.1) is 0 Å². The number of halogens is 1. The van der Waals surface area contributed by atoms with Crippen LogP contribution in [0.25, 0.3) is 0 Å². The van der Waals surface area contributed by atoms with Crippen LogP contribution in [-0.4, -0.2) is 6.04 Å². The van der Waals surface area contributed by atoms with Crippen LogP contribution in [0.4, 0.5) is 4.39 Å². The summed E-state index contributed by atoms with van der Waals surface area (Å²) in [4.78, 5) is 0. The summed E-state index contributed by atoms with van der Waals surface area (Å²) in [5, 5.41) is 3.56. The first kappa shape index (κ1) is 12.6. The zero-order chi connectivity index (χ0) is 12.3. The zero-order valence-corrected chi connectivity index (χ0v) is 10.7. The maximum absolute atomic E-state index is 13.6. The Bertz CT molecular complexity index is 364. The highest BCUT2D eigenvalue weighted by Gasteiger charge is 2.24. The summed E-state index contributed by atoms with van der Waals surface area (Å²) in [7, 11) is 0. The van der Waals surface area contributed by atoms with Gasteiger partial charge < -0.3 is 5.32 Å². The molecule has 3 atom stereocenters. The molecule has 1 N–H and O–H groups in total. The van der Waals surface area contributed by atoms with Crippen LogP contribution >= 0.6 is 0 Å². The smallest absolute Gasteiger partial charge is 0.127 e. The Morgan fingerprint density at radius 2 is 2.12 bits per heavy atom. The minimum absolute atomic E-state index is 0.0995. The number of hydrogen-bond donors (Lipinski definition) is 1. The first-order chi connectivity index (χ1) is 8.20. The van der Waals surface area contributed by atoms with Gasteiger partial charge in [-0.1, -0.05) is 31.5 Å². The van der Waals surface area contributed by atoms with Crippen molar-refractivity contribution in [3.63, 3.8) is 0 Å². The van der Waals surface area contributed by atoms with Crippen molar-refractivity contribution < 1.29 is 4.39 Å². The average Bonchev–Trinajstić information content (AvgIpc) is 2.77.